The van der Waals surface area contributed by atoms with Crippen molar-refractivity contribution in [3.05, 3.63) is 64.1 Å². The molecule has 4 rings (SSSR count). The van der Waals surface area contributed by atoms with Crippen molar-refractivity contribution in [1.29, 1.82) is 0 Å². The molecular formula is C25H26Cl2N4O2. The zero-order chi connectivity index (χ0) is 23.7. The van der Waals surface area contributed by atoms with Crippen LogP contribution < -0.4 is 15.4 Å². The number of halogens is 2. The first-order valence-electron chi connectivity index (χ1n) is 10.5. The molecule has 0 saturated carbocycles. The Morgan fingerprint density at radius 1 is 1.06 bits per heavy atom. The number of hydrogen-bond donors (Lipinski definition) is 1. The number of aryl methyl sites for hydroxylation is 2. The number of hydrogen-bond acceptors (Lipinski definition) is 5. The number of benzene rings is 3. The van der Waals surface area contributed by atoms with Crippen LogP contribution in [0.2, 0.25) is 10.0 Å². The summed E-state index contributed by atoms with van der Waals surface area (Å²) < 4.78 is 13.0. The number of nitrogens with zero attached hydrogens (tertiary/aromatic N) is 3. The van der Waals surface area contributed by atoms with Gasteiger partial charge < -0.3 is 24.7 Å². The molecule has 0 saturated heterocycles. The fourth-order valence-electron chi connectivity index (χ4n) is 4.18. The number of ether oxygens (including phenoxy) is 2. The van der Waals surface area contributed by atoms with Crippen LogP contribution in [0, 0.1) is 6.92 Å². The summed E-state index contributed by atoms with van der Waals surface area (Å²) >= 11 is 12.9. The molecule has 0 fully saturated rings. The molecule has 0 spiro atoms. The lowest BCUT2D eigenvalue weighted by Gasteiger charge is -2.27. The Bertz CT molecular complexity index is 1320. The summed E-state index contributed by atoms with van der Waals surface area (Å²) in [6, 6.07) is 15.6. The number of nitrogens with two attached hydrogens (primary N) is 1. The van der Waals surface area contributed by atoms with E-state index in [9.17, 15) is 0 Å². The fourth-order valence-corrected chi connectivity index (χ4v) is 4.68. The SMILES string of the molecule is COCCN(c1ccccc1Cl)c1ccc(-c2c(C)cc(Cl)cc2OC)c2nc(N)n(C)c12. The lowest BCUT2D eigenvalue weighted by atomic mass is 9.97. The van der Waals surface area contributed by atoms with Crippen molar-refractivity contribution < 1.29 is 9.47 Å². The van der Waals surface area contributed by atoms with Crippen LogP contribution in [0.4, 0.5) is 17.3 Å². The van der Waals surface area contributed by atoms with Crippen LogP contribution in [-0.4, -0.2) is 36.9 Å². The van der Waals surface area contributed by atoms with Crippen LogP contribution in [0.5, 0.6) is 5.75 Å². The summed E-state index contributed by atoms with van der Waals surface area (Å²) in [4.78, 5) is 6.86. The van der Waals surface area contributed by atoms with E-state index in [1.54, 1.807) is 14.2 Å². The van der Waals surface area contributed by atoms with Crippen molar-refractivity contribution >= 4 is 51.6 Å². The Balaban J connectivity index is 2.01. The molecule has 0 bridgehead atoms. The van der Waals surface area contributed by atoms with E-state index < -0.39 is 0 Å². The van der Waals surface area contributed by atoms with Gasteiger partial charge in [-0.3, -0.25) is 0 Å². The van der Waals surface area contributed by atoms with Crippen molar-refractivity contribution in [3.63, 3.8) is 0 Å². The number of imidazole rings is 1. The van der Waals surface area contributed by atoms with Gasteiger partial charge in [-0.25, -0.2) is 4.98 Å². The molecule has 1 heterocycles. The highest BCUT2D eigenvalue weighted by molar-refractivity contribution is 6.33. The normalized spacial score (nSPS) is 11.2. The summed E-state index contributed by atoms with van der Waals surface area (Å²) in [5.41, 5.74) is 12.6. The molecule has 1 aromatic heterocycles. The molecule has 0 amide bonds. The van der Waals surface area contributed by atoms with Crippen LogP contribution in [0.3, 0.4) is 0 Å². The summed E-state index contributed by atoms with van der Waals surface area (Å²) in [5, 5.41) is 1.27. The van der Waals surface area contributed by atoms with E-state index in [1.807, 2.05) is 61.0 Å². The third kappa shape index (κ3) is 4.22. The van der Waals surface area contributed by atoms with Crippen molar-refractivity contribution in [1.82, 2.24) is 9.55 Å². The first-order valence-corrected chi connectivity index (χ1v) is 11.2. The van der Waals surface area contributed by atoms with Gasteiger partial charge in [-0.1, -0.05) is 35.3 Å². The van der Waals surface area contributed by atoms with Gasteiger partial charge in [-0.2, -0.15) is 0 Å². The Labute approximate surface area is 203 Å². The van der Waals surface area contributed by atoms with Crippen molar-refractivity contribution in [2.45, 2.75) is 6.92 Å². The zero-order valence-electron chi connectivity index (χ0n) is 19.0. The molecule has 0 aliphatic carbocycles. The van der Waals surface area contributed by atoms with Gasteiger partial charge in [0.1, 0.15) is 11.3 Å². The van der Waals surface area contributed by atoms with E-state index in [0.29, 0.717) is 34.9 Å². The lowest BCUT2D eigenvalue weighted by Crippen LogP contribution is -2.23. The smallest absolute Gasteiger partial charge is 0.201 e. The number of para-hydroxylation sites is 1. The van der Waals surface area contributed by atoms with Gasteiger partial charge in [0.15, 0.2) is 0 Å². The van der Waals surface area contributed by atoms with Gasteiger partial charge in [-0.15, -0.1) is 0 Å². The summed E-state index contributed by atoms with van der Waals surface area (Å²) in [6.45, 7) is 3.12. The maximum atomic E-state index is 6.59. The average Bonchev–Trinajstić information content (AvgIpc) is 3.09. The number of nitrogen functional groups attached to an aromatic ring is 1. The number of rotatable bonds is 7. The van der Waals surface area contributed by atoms with Crippen LogP contribution in [0.25, 0.3) is 22.2 Å². The highest BCUT2D eigenvalue weighted by Gasteiger charge is 2.23. The standard InChI is InChI=1S/C25H26Cl2N4O2/c1-15-13-16(26)14-21(33-4)22(15)17-9-10-20(24-23(17)29-25(28)30(24)2)31(11-12-32-3)19-8-6-5-7-18(19)27/h5-10,13-14H,11-12H2,1-4H3,(H2,28,29). The molecule has 33 heavy (non-hydrogen) atoms. The third-order valence-corrected chi connectivity index (χ3v) is 6.28. The second-order valence-corrected chi connectivity index (χ2v) is 8.60. The number of aromatic nitrogens is 2. The van der Waals surface area contributed by atoms with E-state index in [4.69, 9.17) is 43.4 Å². The van der Waals surface area contributed by atoms with Gasteiger partial charge in [0.05, 0.1) is 35.6 Å². The summed E-state index contributed by atoms with van der Waals surface area (Å²) in [5.74, 6) is 1.09. The summed E-state index contributed by atoms with van der Waals surface area (Å²) in [7, 11) is 5.23. The Morgan fingerprint density at radius 2 is 1.82 bits per heavy atom. The van der Waals surface area contributed by atoms with Gasteiger partial charge >= 0.3 is 0 Å². The monoisotopic (exact) mass is 484 g/mol. The van der Waals surface area contributed by atoms with Gasteiger partial charge in [0.2, 0.25) is 5.95 Å². The van der Waals surface area contributed by atoms with Crippen LogP contribution in [-0.2, 0) is 11.8 Å². The molecule has 0 radical (unpaired) electrons. The molecule has 8 heteroatoms. The van der Waals surface area contributed by atoms with Crippen molar-refractivity contribution in [2.75, 3.05) is 38.0 Å². The second kappa shape index (κ2) is 9.51. The van der Waals surface area contributed by atoms with E-state index in [1.165, 1.54) is 0 Å². The third-order valence-electron chi connectivity index (χ3n) is 5.74. The first kappa shape index (κ1) is 23.2. The molecule has 4 aromatic rings. The van der Waals surface area contributed by atoms with E-state index >= 15 is 0 Å². The highest BCUT2D eigenvalue weighted by atomic mass is 35.5. The number of fused-ring (bicyclic) bond motifs is 1. The Morgan fingerprint density at radius 3 is 2.52 bits per heavy atom. The number of methoxy groups -OCH3 is 2. The van der Waals surface area contributed by atoms with Crippen LogP contribution in [0.1, 0.15) is 5.56 Å². The maximum absolute atomic E-state index is 6.59. The van der Waals surface area contributed by atoms with E-state index in [-0.39, 0.29) is 0 Å². The van der Waals surface area contributed by atoms with Gasteiger partial charge in [-0.05, 0) is 48.9 Å². The van der Waals surface area contributed by atoms with E-state index in [2.05, 4.69) is 11.0 Å². The molecule has 0 atom stereocenters. The molecule has 6 nitrogen and oxygen atoms in total. The zero-order valence-corrected chi connectivity index (χ0v) is 20.5. The minimum Gasteiger partial charge on any atom is -0.496 e. The topological polar surface area (TPSA) is 65.5 Å². The number of anilines is 3. The molecule has 0 unspecified atom stereocenters. The van der Waals surface area contributed by atoms with Crippen molar-refractivity contribution in [3.8, 4) is 16.9 Å². The lowest BCUT2D eigenvalue weighted by molar-refractivity contribution is 0.207. The predicted molar refractivity (Wildman–Crippen MR) is 137 cm³/mol. The summed E-state index contributed by atoms with van der Waals surface area (Å²) in [6.07, 6.45) is 0. The highest BCUT2D eigenvalue weighted by Crippen LogP contribution is 2.43. The molecule has 0 aliphatic heterocycles. The van der Waals surface area contributed by atoms with Crippen LogP contribution >= 0.6 is 23.2 Å². The Kier molecular flexibility index (Phi) is 6.70. The predicted octanol–water partition coefficient (Wildman–Crippen LogP) is 6.23. The Hall–Kier alpha value is -2.93. The molecule has 2 N–H and O–H groups in total. The minimum atomic E-state index is 0.412. The second-order valence-electron chi connectivity index (χ2n) is 7.75. The molecule has 3 aromatic carbocycles. The van der Waals surface area contributed by atoms with Gasteiger partial charge in [0.25, 0.3) is 0 Å². The minimum absolute atomic E-state index is 0.412. The average molecular weight is 485 g/mol. The van der Waals surface area contributed by atoms with E-state index in [0.717, 1.165) is 39.1 Å². The fraction of sp³-hybridized carbons (Fsp3) is 0.240. The molecule has 0 aliphatic rings. The first-order chi connectivity index (χ1) is 15.9. The molecular weight excluding hydrogens is 459 g/mol. The maximum Gasteiger partial charge on any atom is 0.201 e. The van der Waals surface area contributed by atoms with Gasteiger partial charge in [0, 0.05) is 36.9 Å². The quantitative estimate of drug-likeness (QED) is 0.336. The largest absolute Gasteiger partial charge is 0.496 e. The van der Waals surface area contributed by atoms with Crippen molar-refractivity contribution in [2.24, 2.45) is 7.05 Å². The molecule has 172 valence electrons. The van der Waals surface area contributed by atoms with Crippen LogP contribution in [0.15, 0.2) is 48.5 Å².